The summed E-state index contributed by atoms with van der Waals surface area (Å²) in [5.74, 6) is -0.879. The molecule has 0 aliphatic carbocycles. The molecule has 0 radical (unpaired) electrons. The van der Waals surface area contributed by atoms with Gasteiger partial charge in [-0.25, -0.2) is 4.39 Å². The van der Waals surface area contributed by atoms with Gasteiger partial charge in [-0.2, -0.15) is 0 Å². The minimum atomic E-state index is -0.476. The zero-order valence-electron chi connectivity index (χ0n) is 12.9. The highest BCUT2D eigenvalue weighted by Gasteiger charge is 2.26. The fourth-order valence-corrected chi connectivity index (χ4v) is 2.99. The lowest BCUT2D eigenvalue weighted by molar-refractivity contribution is 0.101. The van der Waals surface area contributed by atoms with E-state index in [0.29, 0.717) is 18.2 Å². The maximum Gasteiger partial charge on any atom is 0.163 e. The Labute approximate surface area is 125 Å². The molecule has 0 amide bonds. The van der Waals surface area contributed by atoms with Crippen LogP contribution in [0, 0.1) is 5.82 Å². The van der Waals surface area contributed by atoms with Crippen LogP contribution >= 0.6 is 0 Å². The highest BCUT2D eigenvalue weighted by molar-refractivity contribution is 5.97. The summed E-state index contributed by atoms with van der Waals surface area (Å²) < 4.78 is 13.7. The van der Waals surface area contributed by atoms with Gasteiger partial charge in [-0.3, -0.25) is 9.69 Å². The number of carbonyl (C=O) groups excluding carboxylic acids is 1. The van der Waals surface area contributed by atoms with E-state index in [1.54, 1.807) is 0 Å². The number of aromatic hydroxyl groups is 1. The fraction of sp³-hybridized carbons (Fsp3) is 0.562. The SMILES string of the molecule is CC(=O)c1cc(F)cc(CN2CCCC2CN(C)C)c1O. The van der Waals surface area contributed by atoms with Gasteiger partial charge in [0.15, 0.2) is 5.78 Å². The number of rotatable bonds is 5. The second-order valence-electron chi connectivity index (χ2n) is 6.05. The van der Waals surface area contributed by atoms with Gasteiger partial charge >= 0.3 is 0 Å². The quantitative estimate of drug-likeness (QED) is 0.846. The highest BCUT2D eigenvalue weighted by Crippen LogP contribution is 2.28. The topological polar surface area (TPSA) is 43.8 Å². The van der Waals surface area contributed by atoms with Crippen LogP contribution in [0.25, 0.3) is 0 Å². The van der Waals surface area contributed by atoms with Crippen LogP contribution in [0.1, 0.15) is 35.7 Å². The molecular weight excluding hydrogens is 271 g/mol. The number of phenolic OH excluding ortho intramolecular Hbond substituents is 1. The van der Waals surface area contributed by atoms with Gasteiger partial charge in [0.05, 0.1) is 5.56 Å². The molecule has 1 fully saturated rings. The van der Waals surface area contributed by atoms with Crippen LogP contribution in [0.4, 0.5) is 4.39 Å². The number of Topliss-reactive ketones (excluding diaryl/α,β-unsaturated/α-hetero) is 1. The molecule has 1 aliphatic heterocycles. The molecule has 1 atom stereocenters. The van der Waals surface area contributed by atoms with Crippen molar-refractivity contribution in [3.05, 3.63) is 29.1 Å². The first-order valence-corrected chi connectivity index (χ1v) is 7.29. The number of benzene rings is 1. The number of nitrogens with zero attached hydrogens (tertiary/aromatic N) is 2. The summed E-state index contributed by atoms with van der Waals surface area (Å²) in [5, 5.41) is 10.2. The molecule has 1 aromatic rings. The largest absolute Gasteiger partial charge is 0.507 e. The van der Waals surface area contributed by atoms with Gasteiger partial charge in [-0.15, -0.1) is 0 Å². The van der Waals surface area contributed by atoms with Gasteiger partial charge in [-0.05, 0) is 52.5 Å². The van der Waals surface area contributed by atoms with Crippen molar-refractivity contribution in [2.45, 2.75) is 32.4 Å². The zero-order valence-corrected chi connectivity index (χ0v) is 12.9. The van der Waals surface area contributed by atoms with E-state index in [-0.39, 0.29) is 17.1 Å². The number of halogens is 1. The Morgan fingerprint density at radius 2 is 2.19 bits per heavy atom. The third-order valence-corrected chi connectivity index (χ3v) is 3.98. The maximum absolute atomic E-state index is 13.7. The third kappa shape index (κ3) is 3.80. The van der Waals surface area contributed by atoms with E-state index in [2.05, 4.69) is 9.80 Å². The summed E-state index contributed by atoms with van der Waals surface area (Å²) in [6.07, 6.45) is 2.21. The highest BCUT2D eigenvalue weighted by atomic mass is 19.1. The number of carbonyl (C=O) groups is 1. The second-order valence-corrected chi connectivity index (χ2v) is 6.05. The Morgan fingerprint density at radius 3 is 2.81 bits per heavy atom. The fourth-order valence-electron chi connectivity index (χ4n) is 2.99. The molecular formula is C16H23FN2O2. The molecule has 1 aliphatic rings. The molecule has 1 saturated heterocycles. The Hall–Kier alpha value is -1.46. The minimum Gasteiger partial charge on any atom is -0.507 e. The van der Waals surface area contributed by atoms with Gasteiger partial charge in [-0.1, -0.05) is 0 Å². The van der Waals surface area contributed by atoms with Gasteiger partial charge in [0.25, 0.3) is 0 Å². The van der Waals surface area contributed by atoms with Crippen molar-refractivity contribution in [1.82, 2.24) is 9.80 Å². The molecule has 0 saturated carbocycles. The summed E-state index contributed by atoms with van der Waals surface area (Å²) in [6.45, 7) is 3.69. The van der Waals surface area contributed by atoms with Crippen LogP contribution < -0.4 is 0 Å². The summed E-state index contributed by atoms with van der Waals surface area (Å²) in [5.41, 5.74) is 0.555. The predicted octanol–water partition coefficient (Wildman–Crippen LogP) is 2.26. The summed E-state index contributed by atoms with van der Waals surface area (Å²) in [7, 11) is 4.06. The van der Waals surface area contributed by atoms with E-state index < -0.39 is 5.82 Å². The van der Waals surface area contributed by atoms with E-state index in [4.69, 9.17) is 0 Å². The van der Waals surface area contributed by atoms with Crippen LogP contribution in [0.15, 0.2) is 12.1 Å². The second kappa shape index (κ2) is 6.54. The summed E-state index contributed by atoms with van der Waals surface area (Å²) >= 11 is 0. The maximum atomic E-state index is 13.7. The van der Waals surface area contributed by atoms with Crippen molar-refractivity contribution in [1.29, 1.82) is 0 Å². The number of phenols is 1. The molecule has 5 heteroatoms. The minimum absolute atomic E-state index is 0.0633. The van der Waals surface area contributed by atoms with Crippen LogP contribution in [0.3, 0.4) is 0 Å². The first kappa shape index (κ1) is 15.9. The Kier molecular flexibility index (Phi) is 4.96. The van der Waals surface area contributed by atoms with Crippen LogP contribution in [-0.2, 0) is 6.54 Å². The molecule has 1 N–H and O–H groups in total. The predicted molar refractivity (Wildman–Crippen MR) is 80.1 cm³/mol. The molecule has 0 bridgehead atoms. The smallest absolute Gasteiger partial charge is 0.163 e. The average Bonchev–Trinajstić information content (AvgIpc) is 2.79. The third-order valence-electron chi connectivity index (χ3n) is 3.98. The van der Waals surface area contributed by atoms with E-state index >= 15 is 0 Å². The van der Waals surface area contributed by atoms with E-state index in [1.165, 1.54) is 13.0 Å². The molecule has 1 aromatic carbocycles. The normalized spacial score (nSPS) is 19.4. The van der Waals surface area contributed by atoms with Crippen molar-refractivity contribution in [3.8, 4) is 5.75 Å². The average molecular weight is 294 g/mol. The van der Waals surface area contributed by atoms with Gasteiger partial charge < -0.3 is 10.0 Å². The molecule has 21 heavy (non-hydrogen) atoms. The number of ketones is 1. The van der Waals surface area contributed by atoms with Crippen molar-refractivity contribution in [2.24, 2.45) is 0 Å². The molecule has 1 unspecified atom stereocenters. The summed E-state index contributed by atoms with van der Waals surface area (Å²) in [4.78, 5) is 15.9. The van der Waals surface area contributed by atoms with Crippen molar-refractivity contribution < 1.29 is 14.3 Å². The van der Waals surface area contributed by atoms with E-state index in [1.807, 2.05) is 14.1 Å². The van der Waals surface area contributed by atoms with Gasteiger partial charge in [0, 0.05) is 24.7 Å². The van der Waals surface area contributed by atoms with Crippen molar-refractivity contribution >= 4 is 5.78 Å². The zero-order chi connectivity index (χ0) is 15.6. The number of hydrogen-bond donors (Lipinski definition) is 1. The van der Waals surface area contributed by atoms with E-state index in [0.717, 1.165) is 32.0 Å². The molecule has 116 valence electrons. The van der Waals surface area contributed by atoms with Crippen LogP contribution in [-0.4, -0.2) is 53.9 Å². The number of likely N-dealkylation sites (tertiary alicyclic amines) is 1. The van der Waals surface area contributed by atoms with Gasteiger partial charge in [0.1, 0.15) is 11.6 Å². The monoisotopic (exact) mass is 294 g/mol. The Bertz CT molecular complexity index is 531. The van der Waals surface area contributed by atoms with Crippen molar-refractivity contribution in [2.75, 3.05) is 27.2 Å². The molecule has 0 spiro atoms. The lowest BCUT2D eigenvalue weighted by atomic mass is 10.0. The first-order valence-electron chi connectivity index (χ1n) is 7.29. The lowest BCUT2D eigenvalue weighted by Gasteiger charge is -2.27. The van der Waals surface area contributed by atoms with E-state index in [9.17, 15) is 14.3 Å². The molecule has 0 aromatic heterocycles. The molecule has 1 heterocycles. The first-order chi connectivity index (χ1) is 9.88. The standard InChI is InChI=1S/C16H23FN2O2/c1-11(20)15-8-13(17)7-12(16(15)21)9-19-6-4-5-14(19)10-18(2)3/h7-8,14,21H,4-6,9-10H2,1-3H3. The summed E-state index contributed by atoms with van der Waals surface area (Å²) in [6, 6.07) is 2.83. The molecule has 4 nitrogen and oxygen atoms in total. The Balaban J connectivity index is 2.21. The molecule has 2 rings (SSSR count). The van der Waals surface area contributed by atoms with Crippen molar-refractivity contribution in [3.63, 3.8) is 0 Å². The number of likely N-dealkylation sites (N-methyl/N-ethyl adjacent to an activating group) is 1. The lowest BCUT2D eigenvalue weighted by Crippen LogP contribution is -2.37. The number of hydrogen-bond acceptors (Lipinski definition) is 4. The van der Waals surface area contributed by atoms with Gasteiger partial charge in [0.2, 0.25) is 0 Å². The van der Waals surface area contributed by atoms with Crippen LogP contribution in [0.5, 0.6) is 5.75 Å². The van der Waals surface area contributed by atoms with Crippen LogP contribution in [0.2, 0.25) is 0 Å². The Morgan fingerprint density at radius 1 is 1.48 bits per heavy atom.